The third-order valence-electron chi connectivity index (χ3n) is 3.21. The molecule has 0 heterocycles. The van der Waals surface area contributed by atoms with Crippen molar-refractivity contribution < 1.29 is 24.2 Å². The Morgan fingerprint density at radius 2 is 1.87 bits per heavy atom. The molecule has 1 N–H and O–H groups in total. The van der Waals surface area contributed by atoms with Gasteiger partial charge in [0.05, 0.1) is 12.2 Å². The van der Waals surface area contributed by atoms with Gasteiger partial charge in [0.2, 0.25) is 0 Å². The van der Waals surface area contributed by atoms with Crippen molar-refractivity contribution in [1.29, 1.82) is 0 Å². The van der Waals surface area contributed by atoms with E-state index in [1.165, 1.54) is 19.1 Å². The fourth-order valence-corrected chi connectivity index (χ4v) is 2.07. The van der Waals surface area contributed by atoms with Crippen molar-refractivity contribution in [2.45, 2.75) is 20.5 Å². The van der Waals surface area contributed by atoms with Crippen molar-refractivity contribution in [2.24, 2.45) is 0 Å². The van der Waals surface area contributed by atoms with Crippen LogP contribution in [0.5, 0.6) is 11.5 Å². The Kier molecular flexibility index (Phi) is 5.36. The minimum atomic E-state index is -0.559. The lowest BCUT2D eigenvalue weighted by atomic mass is 10.1. The third kappa shape index (κ3) is 4.32. The van der Waals surface area contributed by atoms with Gasteiger partial charge in [-0.3, -0.25) is 4.79 Å². The van der Waals surface area contributed by atoms with Gasteiger partial charge in [-0.25, -0.2) is 4.79 Å². The number of esters is 1. The van der Waals surface area contributed by atoms with Crippen molar-refractivity contribution in [3.63, 3.8) is 0 Å². The fourth-order valence-electron chi connectivity index (χ4n) is 2.07. The zero-order valence-electron chi connectivity index (χ0n) is 13.0. The van der Waals surface area contributed by atoms with Crippen molar-refractivity contribution in [1.82, 2.24) is 0 Å². The highest BCUT2D eigenvalue weighted by Crippen LogP contribution is 2.22. The van der Waals surface area contributed by atoms with Crippen LogP contribution in [0.3, 0.4) is 0 Å². The number of phenolic OH excluding ortho intramolecular Hbond substituents is 1. The normalized spacial score (nSPS) is 10.2. The van der Waals surface area contributed by atoms with Crippen molar-refractivity contribution in [3.05, 3.63) is 59.2 Å². The van der Waals surface area contributed by atoms with Gasteiger partial charge in [0.25, 0.3) is 0 Å². The summed E-state index contributed by atoms with van der Waals surface area (Å²) in [6.45, 7) is 3.76. The van der Waals surface area contributed by atoms with Crippen molar-refractivity contribution in [2.75, 3.05) is 6.61 Å². The van der Waals surface area contributed by atoms with Crippen LogP contribution >= 0.6 is 0 Å². The maximum atomic E-state index is 12.0. The average molecular weight is 314 g/mol. The quantitative estimate of drug-likeness (QED) is 0.654. The molecule has 2 aromatic rings. The number of Topliss-reactive ketones (excluding diaryl/α,β-unsaturated/α-hetero) is 1. The van der Waals surface area contributed by atoms with Gasteiger partial charge in [0.1, 0.15) is 18.1 Å². The minimum Gasteiger partial charge on any atom is -0.508 e. The van der Waals surface area contributed by atoms with Crippen LogP contribution in [0.15, 0.2) is 42.5 Å². The first-order chi connectivity index (χ1) is 11.0. The highest BCUT2D eigenvalue weighted by molar-refractivity contribution is 5.94. The summed E-state index contributed by atoms with van der Waals surface area (Å²) in [5, 5.41) is 9.39. The van der Waals surface area contributed by atoms with Gasteiger partial charge in [0.15, 0.2) is 5.78 Å². The second-order valence-corrected chi connectivity index (χ2v) is 4.94. The minimum absolute atomic E-state index is 0.00645. The van der Waals surface area contributed by atoms with Crippen molar-refractivity contribution in [3.8, 4) is 11.5 Å². The first kappa shape index (κ1) is 16.5. The molecule has 0 amide bonds. The zero-order valence-corrected chi connectivity index (χ0v) is 13.0. The maximum Gasteiger partial charge on any atom is 0.338 e. The van der Waals surface area contributed by atoms with E-state index >= 15 is 0 Å². The van der Waals surface area contributed by atoms with E-state index in [1.807, 2.05) is 6.92 Å². The monoisotopic (exact) mass is 314 g/mol. The Labute approximate surface area is 134 Å². The third-order valence-corrected chi connectivity index (χ3v) is 3.21. The van der Waals surface area contributed by atoms with E-state index in [4.69, 9.17) is 9.47 Å². The zero-order chi connectivity index (χ0) is 16.8. The van der Waals surface area contributed by atoms with E-state index in [2.05, 4.69) is 0 Å². The lowest BCUT2D eigenvalue weighted by molar-refractivity contribution is 0.0469. The number of aromatic hydroxyl groups is 1. The molecule has 0 spiro atoms. The van der Waals surface area contributed by atoms with Crippen LogP contribution < -0.4 is 4.74 Å². The predicted octanol–water partition coefficient (Wildman–Crippen LogP) is 3.35. The Balaban J connectivity index is 2.16. The van der Waals surface area contributed by atoms with Gasteiger partial charge >= 0.3 is 5.97 Å². The van der Waals surface area contributed by atoms with E-state index in [9.17, 15) is 14.7 Å². The second-order valence-electron chi connectivity index (χ2n) is 4.94. The Bertz CT molecular complexity index is 721. The van der Waals surface area contributed by atoms with Gasteiger partial charge in [-0.05, 0) is 50.2 Å². The SMILES string of the molecule is CCOc1ccc(C(C)=O)cc1COC(=O)c1cccc(O)c1. The molecule has 0 aliphatic heterocycles. The molecule has 2 rings (SSSR count). The van der Waals surface area contributed by atoms with E-state index in [0.717, 1.165) is 0 Å². The smallest absolute Gasteiger partial charge is 0.338 e. The summed E-state index contributed by atoms with van der Waals surface area (Å²) >= 11 is 0. The van der Waals surface area contributed by atoms with Gasteiger partial charge < -0.3 is 14.6 Å². The number of phenols is 1. The number of ether oxygens (including phenoxy) is 2. The van der Waals surface area contributed by atoms with Gasteiger partial charge in [-0.1, -0.05) is 6.07 Å². The number of ketones is 1. The summed E-state index contributed by atoms with van der Waals surface area (Å²) in [4.78, 5) is 23.5. The van der Waals surface area contributed by atoms with Crippen molar-refractivity contribution >= 4 is 11.8 Å². The van der Waals surface area contributed by atoms with Crippen LogP contribution in [-0.2, 0) is 11.3 Å². The second kappa shape index (κ2) is 7.45. The topological polar surface area (TPSA) is 72.8 Å². The Morgan fingerprint density at radius 3 is 2.52 bits per heavy atom. The first-order valence-electron chi connectivity index (χ1n) is 7.24. The van der Waals surface area contributed by atoms with E-state index < -0.39 is 5.97 Å². The molecule has 0 saturated carbocycles. The lowest BCUT2D eigenvalue weighted by Gasteiger charge is -2.12. The van der Waals surface area contributed by atoms with Crippen LogP contribution in [0.1, 0.15) is 40.1 Å². The lowest BCUT2D eigenvalue weighted by Crippen LogP contribution is -2.07. The van der Waals surface area contributed by atoms with Gasteiger partial charge in [-0.2, -0.15) is 0 Å². The molecule has 0 aromatic heterocycles. The number of hydrogen-bond donors (Lipinski definition) is 1. The standard InChI is InChI=1S/C18H18O5/c1-3-22-17-8-7-13(12(2)19)9-15(17)11-23-18(21)14-5-4-6-16(20)10-14/h4-10,20H,3,11H2,1-2H3. The molecule has 0 aliphatic carbocycles. The first-order valence-corrected chi connectivity index (χ1v) is 7.24. The number of rotatable bonds is 6. The molecule has 0 atom stereocenters. The largest absolute Gasteiger partial charge is 0.508 e. The van der Waals surface area contributed by atoms with Crippen LogP contribution in [0.2, 0.25) is 0 Å². The van der Waals surface area contributed by atoms with Gasteiger partial charge in [-0.15, -0.1) is 0 Å². The average Bonchev–Trinajstić information content (AvgIpc) is 2.53. The summed E-state index contributed by atoms with van der Waals surface area (Å²) in [6.07, 6.45) is 0. The number of benzene rings is 2. The fraction of sp³-hybridized carbons (Fsp3) is 0.222. The molecule has 0 fully saturated rings. The molecule has 0 aliphatic rings. The number of carbonyl (C=O) groups excluding carboxylic acids is 2. The summed E-state index contributed by atoms with van der Waals surface area (Å²) in [7, 11) is 0. The van der Waals surface area contributed by atoms with Crippen LogP contribution in [0.25, 0.3) is 0 Å². The number of hydrogen-bond acceptors (Lipinski definition) is 5. The molecule has 5 nitrogen and oxygen atoms in total. The summed E-state index contributed by atoms with van der Waals surface area (Å²) < 4.78 is 10.7. The molecule has 0 radical (unpaired) electrons. The Morgan fingerprint density at radius 1 is 1.09 bits per heavy atom. The molecule has 0 bridgehead atoms. The molecule has 5 heteroatoms. The number of carbonyl (C=O) groups is 2. The van der Waals surface area contributed by atoms with E-state index in [0.29, 0.717) is 23.5 Å². The van der Waals surface area contributed by atoms with Crippen LogP contribution in [0.4, 0.5) is 0 Å². The maximum absolute atomic E-state index is 12.0. The molecule has 120 valence electrons. The molecule has 23 heavy (non-hydrogen) atoms. The van der Waals surface area contributed by atoms with E-state index in [-0.39, 0.29) is 23.7 Å². The molecule has 0 saturated heterocycles. The summed E-state index contributed by atoms with van der Waals surface area (Å²) in [6, 6.07) is 10.9. The van der Waals surface area contributed by atoms with Crippen LogP contribution in [0, 0.1) is 0 Å². The highest BCUT2D eigenvalue weighted by Gasteiger charge is 2.12. The molecular formula is C18H18O5. The predicted molar refractivity (Wildman–Crippen MR) is 84.8 cm³/mol. The Hall–Kier alpha value is -2.82. The molecule has 2 aromatic carbocycles. The highest BCUT2D eigenvalue weighted by atomic mass is 16.5. The van der Waals surface area contributed by atoms with E-state index in [1.54, 1.807) is 30.3 Å². The molecule has 0 unspecified atom stereocenters. The summed E-state index contributed by atoms with van der Waals surface area (Å²) in [5.41, 5.74) is 1.40. The van der Waals surface area contributed by atoms with Gasteiger partial charge in [0, 0.05) is 11.1 Å². The summed E-state index contributed by atoms with van der Waals surface area (Å²) in [5.74, 6) is -0.0700. The molecular weight excluding hydrogens is 296 g/mol. The van der Waals surface area contributed by atoms with Crippen LogP contribution in [-0.4, -0.2) is 23.5 Å².